The summed E-state index contributed by atoms with van der Waals surface area (Å²) < 4.78 is 5.30. The summed E-state index contributed by atoms with van der Waals surface area (Å²) in [7, 11) is 1.74. The van der Waals surface area contributed by atoms with Crippen LogP contribution in [0.2, 0.25) is 5.02 Å². The fourth-order valence-corrected chi connectivity index (χ4v) is 2.57. The van der Waals surface area contributed by atoms with E-state index in [9.17, 15) is 4.79 Å². The van der Waals surface area contributed by atoms with Crippen LogP contribution in [0.3, 0.4) is 0 Å². The lowest BCUT2D eigenvalue weighted by atomic mass is 10.1. The lowest BCUT2D eigenvalue weighted by molar-refractivity contribution is 0.0796. The second-order valence-electron chi connectivity index (χ2n) is 5.87. The predicted octanol–water partition coefficient (Wildman–Crippen LogP) is 4.01. The summed E-state index contributed by atoms with van der Waals surface area (Å²) in [6, 6.07) is 14.8. The molecule has 3 aromatic rings. The molecule has 6 heteroatoms. The molecule has 0 aliphatic carbocycles. The zero-order valence-corrected chi connectivity index (χ0v) is 14.8. The van der Waals surface area contributed by atoms with Crippen molar-refractivity contribution in [1.29, 1.82) is 0 Å². The van der Waals surface area contributed by atoms with Gasteiger partial charge in [-0.3, -0.25) is 4.79 Å². The summed E-state index contributed by atoms with van der Waals surface area (Å²) in [5, 5.41) is 4.53. The molecule has 0 radical (unpaired) electrons. The number of amides is 1. The number of aryl methyl sites for hydroxylation is 1. The third kappa shape index (κ3) is 4.25. The number of aromatic nitrogens is 2. The van der Waals surface area contributed by atoms with Crippen LogP contribution in [0, 0.1) is 6.92 Å². The highest BCUT2D eigenvalue weighted by molar-refractivity contribution is 6.30. The quantitative estimate of drug-likeness (QED) is 0.693. The van der Waals surface area contributed by atoms with Crippen molar-refractivity contribution >= 4 is 17.5 Å². The van der Waals surface area contributed by atoms with Crippen molar-refractivity contribution in [2.75, 3.05) is 13.6 Å². The number of rotatable bonds is 5. The summed E-state index contributed by atoms with van der Waals surface area (Å²) in [5.74, 6) is 0.963. The van der Waals surface area contributed by atoms with E-state index in [0.29, 0.717) is 35.3 Å². The van der Waals surface area contributed by atoms with Gasteiger partial charge in [0.1, 0.15) is 0 Å². The molecule has 1 heterocycles. The van der Waals surface area contributed by atoms with Crippen molar-refractivity contribution in [1.82, 2.24) is 15.0 Å². The number of nitrogens with zero attached hydrogens (tertiary/aromatic N) is 3. The Balaban J connectivity index is 1.62. The lowest BCUT2D eigenvalue weighted by Gasteiger charge is -2.16. The van der Waals surface area contributed by atoms with Crippen LogP contribution in [0.1, 0.15) is 21.7 Å². The van der Waals surface area contributed by atoms with Gasteiger partial charge in [-0.05, 0) is 37.3 Å². The molecule has 0 saturated heterocycles. The second kappa shape index (κ2) is 7.49. The average molecular weight is 356 g/mol. The molecular weight excluding hydrogens is 338 g/mol. The summed E-state index contributed by atoms with van der Waals surface area (Å²) in [6.07, 6.45) is 0.512. The van der Waals surface area contributed by atoms with Gasteiger partial charge >= 0.3 is 0 Å². The summed E-state index contributed by atoms with van der Waals surface area (Å²) in [4.78, 5) is 18.4. The number of carbonyl (C=O) groups is 1. The zero-order valence-electron chi connectivity index (χ0n) is 14.1. The van der Waals surface area contributed by atoms with Gasteiger partial charge in [-0.1, -0.05) is 40.5 Å². The Labute approximate surface area is 151 Å². The van der Waals surface area contributed by atoms with Gasteiger partial charge in [0.2, 0.25) is 0 Å². The van der Waals surface area contributed by atoms with Crippen molar-refractivity contribution < 1.29 is 9.32 Å². The highest BCUT2D eigenvalue weighted by atomic mass is 35.5. The molecule has 0 aliphatic heterocycles. The van der Waals surface area contributed by atoms with E-state index in [2.05, 4.69) is 10.1 Å². The van der Waals surface area contributed by atoms with Crippen LogP contribution < -0.4 is 0 Å². The van der Waals surface area contributed by atoms with E-state index in [1.807, 2.05) is 31.2 Å². The molecule has 25 heavy (non-hydrogen) atoms. The van der Waals surface area contributed by atoms with Gasteiger partial charge in [-0.25, -0.2) is 0 Å². The van der Waals surface area contributed by atoms with Crippen molar-refractivity contribution in [3.8, 4) is 11.5 Å². The van der Waals surface area contributed by atoms with Crippen LogP contribution in [0.4, 0.5) is 0 Å². The van der Waals surface area contributed by atoms with E-state index < -0.39 is 0 Å². The molecule has 0 atom stereocenters. The average Bonchev–Trinajstić information content (AvgIpc) is 3.08. The van der Waals surface area contributed by atoms with Gasteiger partial charge in [-0.2, -0.15) is 4.98 Å². The number of likely N-dealkylation sites (N-methyl/N-ethyl adjacent to an activating group) is 1. The first-order chi connectivity index (χ1) is 12.0. The molecule has 1 amide bonds. The molecule has 0 saturated carbocycles. The minimum atomic E-state index is -0.0928. The maximum atomic E-state index is 12.4. The first-order valence-corrected chi connectivity index (χ1v) is 8.31. The van der Waals surface area contributed by atoms with Gasteiger partial charge in [0, 0.05) is 36.2 Å². The molecule has 2 aromatic carbocycles. The molecule has 0 spiro atoms. The molecule has 0 fully saturated rings. The number of hydrogen-bond acceptors (Lipinski definition) is 4. The van der Waals surface area contributed by atoms with Gasteiger partial charge in [0.05, 0.1) is 0 Å². The Morgan fingerprint density at radius 2 is 1.96 bits per heavy atom. The van der Waals surface area contributed by atoms with Gasteiger partial charge in [0.15, 0.2) is 5.82 Å². The van der Waals surface area contributed by atoms with Crippen LogP contribution in [0.25, 0.3) is 11.5 Å². The Hall–Kier alpha value is -2.66. The smallest absolute Gasteiger partial charge is 0.257 e. The third-order valence-electron chi connectivity index (χ3n) is 3.86. The SMILES string of the molecule is Cc1ccc(-c2nc(CCN(C)C(=O)c3cccc(Cl)c3)no2)cc1. The number of hydrogen-bond donors (Lipinski definition) is 0. The second-order valence-corrected chi connectivity index (χ2v) is 6.31. The van der Waals surface area contributed by atoms with Gasteiger partial charge in [0.25, 0.3) is 11.8 Å². The Morgan fingerprint density at radius 3 is 2.68 bits per heavy atom. The highest BCUT2D eigenvalue weighted by Gasteiger charge is 2.14. The van der Waals surface area contributed by atoms with Crippen LogP contribution in [-0.2, 0) is 6.42 Å². The summed E-state index contributed by atoms with van der Waals surface area (Å²) >= 11 is 5.93. The number of carbonyl (C=O) groups excluding carboxylic acids is 1. The van der Waals surface area contributed by atoms with E-state index >= 15 is 0 Å². The molecule has 0 N–H and O–H groups in total. The fraction of sp³-hybridized carbons (Fsp3) is 0.211. The zero-order chi connectivity index (χ0) is 17.8. The Bertz CT molecular complexity index is 874. The molecule has 128 valence electrons. The number of benzene rings is 2. The van der Waals surface area contributed by atoms with Crippen molar-refractivity contribution in [2.24, 2.45) is 0 Å². The third-order valence-corrected chi connectivity index (χ3v) is 4.09. The monoisotopic (exact) mass is 355 g/mol. The minimum Gasteiger partial charge on any atom is -0.341 e. The molecular formula is C19H18ClN3O2. The summed E-state index contributed by atoms with van der Waals surface area (Å²) in [5.41, 5.74) is 2.61. The molecule has 0 unspecified atom stereocenters. The molecule has 1 aromatic heterocycles. The van der Waals surface area contributed by atoms with Crippen molar-refractivity contribution in [3.05, 3.63) is 70.5 Å². The van der Waals surface area contributed by atoms with Crippen LogP contribution in [-0.4, -0.2) is 34.5 Å². The normalized spacial score (nSPS) is 10.7. The standard InChI is InChI=1S/C19H18ClN3O2/c1-13-6-8-14(9-7-13)18-21-17(22-25-18)10-11-23(2)19(24)15-4-3-5-16(20)12-15/h3-9,12H,10-11H2,1-2H3. The van der Waals surface area contributed by atoms with E-state index in [0.717, 1.165) is 5.56 Å². The maximum absolute atomic E-state index is 12.4. The van der Waals surface area contributed by atoms with Crippen LogP contribution in [0.15, 0.2) is 53.1 Å². The van der Waals surface area contributed by atoms with E-state index in [4.69, 9.17) is 16.1 Å². The van der Waals surface area contributed by atoms with E-state index in [-0.39, 0.29) is 5.91 Å². The predicted molar refractivity (Wildman–Crippen MR) is 96.6 cm³/mol. The Kier molecular flexibility index (Phi) is 5.14. The molecule has 5 nitrogen and oxygen atoms in total. The molecule has 0 aliphatic rings. The van der Waals surface area contributed by atoms with Gasteiger partial charge < -0.3 is 9.42 Å². The topological polar surface area (TPSA) is 59.2 Å². The van der Waals surface area contributed by atoms with E-state index in [1.165, 1.54) is 5.56 Å². The van der Waals surface area contributed by atoms with Crippen molar-refractivity contribution in [3.63, 3.8) is 0 Å². The minimum absolute atomic E-state index is 0.0928. The lowest BCUT2D eigenvalue weighted by Crippen LogP contribution is -2.29. The van der Waals surface area contributed by atoms with Crippen molar-refractivity contribution in [2.45, 2.75) is 13.3 Å². The van der Waals surface area contributed by atoms with Gasteiger partial charge in [-0.15, -0.1) is 0 Å². The molecule has 3 rings (SSSR count). The number of halogens is 1. The first kappa shape index (κ1) is 17.2. The first-order valence-electron chi connectivity index (χ1n) is 7.93. The molecule has 0 bridgehead atoms. The largest absolute Gasteiger partial charge is 0.341 e. The van der Waals surface area contributed by atoms with Crippen LogP contribution in [0.5, 0.6) is 0 Å². The van der Waals surface area contributed by atoms with E-state index in [1.54, 1.807) is 36.2 Å². The Morgan fingerprint density at radius 1 is 1.20 bits per heavy atom. The van der Waals surface area contributed by atoms with Crippen LogP contribution >= 0.6 is 11.6 Å². The highest BCUT2D eigenvalue weighted by Crippen LogP contribution is 2.18. The fourth-order valence-electron chi connectivity index (χ4n) is 2.38. The summed E-state index contributed by atoms with van der Waals surface area (Å²) in [6.45, 7) is 2.51. The maximum Gasteiger partial charge on any atom is 0.257 e.